The Morgan fingerprint density at radius 2 is 1.63 bits per heavy atom. The van der Waals surface area contributed by atoms with Gasteiger partial charge >= 0.3 is 11.9 Å². The average molecular weight is 561 g/mol. The number of carbonyl (C=O) groups excluding carboxylic acids is 3. The molecular formula is C32H40N4O5. The van der Waals surface area contributed by atoms with Crippen molar-refractivity contribution in [3.8, 4) is 0 Å². The van der Waals surface area contributed by atoms with Gasteiger partial charge in [0.1, 0.15) is 5.82 Å². The van der Waals surface area contributed by atoms with Gasteiger partial charge in [-0.15, -0.1) is 0 Å². The number of fused-ring (bicyclic) bond motifs is 1. The highest BCUT2D eigenvalue weighted by molar-refractivity contribution is 6.37. The third kappa shape index (κ3) is 9.23. The van der Waals surface area contributed by atoms with Gasteiger partial charge in [0.2, 0.25) is 0 Å². The quantitative estimate of drug-likeness (QED) is 0.172. The van der Waals surface area contributed by atoms with Crippen LogP contribution in [0.15, 0.2) is 60.7 Å². The minimum absolute atomic E-state index is 0.117. The Hall–Kier alpha value is -4.08. The van der Waals surface area contributed by atoms with Crippen LogP contribution in [0.4, 0.5) is 11.5 Å². The van der Waals surface area contributed by atoms with Gasteiger partial charge in [-0.3, -0.25) is 9.59 Å². The Kier molecular flexibility index (Phi) is 12.5. The molecule has 2 aromatic carbocycles. The van der Waals surface area contributed by atoms with E-state index in [-0.39, 0.29) is 12.4 Å². The largest absolute Gasteiger partial charge is 0.459 e. The molecule has 1 fully saturated rings. The number of hydrogen-bond donors (Lipinski definition) is 1. The molecule has 218 valence electrons. The number of hydrogen-bond acceptors (Lipinski definition) is 8. The van der Waals surface area contributed by atoms with Crippen LogP contribution in [0.25, 0.3) is 17.0 Å². The van der Waals surface area contributed by atoms with Crippen molar-refractivity contribution < 1.29 is 23.9 Å². The Morgan fingerprint density at radius 1 is 0.976 bits per heavy atom. The third-order valence-electron chi connectivity index (χ3n) is 6.69. The van der Waals surface area contributed by atoms with E-state index in [0.717, 1.165) is 35.4 Å². The van der Waals surface area contributed by atoms with Gasteiger partial charge in [0.25, 0.3) is 0 Å². The third-order valence-corrected chi connectivity index (χ3v) is 6.69. The molecule has 0 unspecified atom stereocenters. The molecule has 1 aliphatic heterocycles. The number of carbonyl (C=O) groups is 3. The molecule has 9 nitrogen and oxygen atoms in total. The SMILES string of the molecule is CCN(CC)CC.CCOC(=O)C(=O)Nc1ccc(C(=O)C=Cc2cc3ccccc3nc2N2CCOCC2)cc1. The normalized spacial score (nSPS) is 13.1. The first-order valence-corrected chi connectivity index (χ1v) is 14.1. The van der Waals surface area contributed by atoms with E-state index >= 15 is 0 Å². The molecular weight excluding hydrogens is 520 g/mol. The van der Waals surface area contributed by atoms with E-state index in [4.69, 9.17) is 9.72 Å². The highest BCUT2D eigenvalue weighted by atomic mass is 16.5. The number of morpholine rings is 1. The fourth-order valence-electron chi connectivity index (χ4n) is 4.30. The minimum atomic E-state index is -0.953. The predicted octanol–water partition coefficient (Wildman–Crippen LogP) is 4.82. The highest BCUT2D eigenvalue weighted by Crippen LogP contribution is 2.26. The van der Waals surface area contributed by atoms with Gasteiger partial charge in [0, 0.05) is 35.3 Å². The van der Waals surface area contributed by atoms with Crippen LogP contribution in [-0.4, -0.2) is 80.1 Å². The topological polar surface area (TPSA) is 101 Å². The number of aromatic nitrogens is 1. The number of benzene rings is 2. The van der Waals surface area contributed by atoms with Crippen LogP contribution in [-0.2, 0) is 19.1 Å². The fraction of sp³-hybridized carbons (Fsp3) is 0.375. The fourth-order valence-corrected chi connectivity index (χ4v) is 4.30. The van der Waals surface area contributed by atoms with Gasteiger partial charge in [-0.1, -0.05) is 39.0 Å². The number of anilines is 2. The lowest BCUT2D eigenvalue weighted by atomic mass is 10.1. The molecule has 0 spiro atoms. The van der Waals surface area contributed by atoms with E-state index in [1.165, 1.54) is 25.7 Å². The lowest BCUT2D eigenvalue weighted by molar-refractivity contribution is -0.152. The predicted molar refractivity (Wildman–Crippen MR) is 163 cm³/mol. The number of ketones is 1. The van der Waals surface area contributed by atoms with Crippen molar-refractivity contribution in [2.24, 2.45) is 0 Å². The average Bonchev–Trinajstić information content (AvgIpc) is 3.01. The van der Waals surface area contributed by atoms with Crippen LogP contribution in [0.2, 0.25) is 0 Å². The molecule has 2 heterocycles. The van der Waals surface area contributed by atoms with E-state index in [1.54, 1.807) is 37.3 Å². The lowest BCUT2D eigenvalue weighted by Gasteiger charge is -2.29. The van der Waals surface area contributed by atoms with E-state index in [9.17, 15) is 14.4 Å². The summed E-state index contributed by atoms with van der Waals surface area (Å²) in [6, 6.07) is 16.2. The van der Waals surface area contributed by atoms with E-state index in [2.05, 4.69) is 40.6 Å². The monoisotopic (exact) mass is 560 g/mol. The molecule has 0 radical (unpaired) electrons. The summed E-state index contributed by atoms with van der Waals surface area (Å²) in [5.74, 6) is -1.18. The van der Waals surface area contributed by atoms with Crippen LogP contribution in [0.3, 0.4) is 0 Å². The molecule has 1 aliphatic rings. The molecule has 0 saturated carbocycles. The zero-order chi connectivity index (χ0) is 29.6. The van der Waals surface area contributed by atoms with Gasteiger partial charge in [0.05, 0.1) is 25.3 Å². The zero-order valence-electron chi connectivity index (χ0n) is 24.4. The van der Waals surface area contributed by atoms with Crippen molar-refractivity contribution in [2.75, 3.05) is 62.8 Å². The van der Waals surface area contributed by atoms with Crippen LogP contribution < -0.4 is 10.2 Å². The standard InChI is InChI=1S/C26H25N3O5.C6H15N/c1-2-34-26(32)25(31)27-21-10-7-18(8-11-21)23(30)12-9-20-17-19-5-3-4-6-22(19)28-24(20)29-13-15-33-16-14-29;1-4-7(5-2)6-3/h3-12,17H,2,13-16H2,1H3,(H,27,31);4-6H2,1-3H3. The molecule has 1 N–H and O–H groups in total. The number of nitrogens with one attached hydrogen (secondary N) is 1. The number of allylic oxidation sites excluding steroid dienone is 1. The molecule has 1 aromatic heterocycles. The second-order valence-electron chi connectivity index (χ2n) is 9.26. The first kappa shape index (κ1) is 31.4. The molecule has 41 heavy (non-hydrogen) atoms. The molecule has 4 rings (SSSR count). The number of amides is 1. The Balaban J connectivity index is 0.000000587. The van der Waals surface area contributed by atoms with Gasteiger partial charge in [-0.05, 0) is 75.1 Å². The molecule has 0 bridgehead atoms. The summed E-state index contributed by atoms with van der Waals surface area (Å²) in [5.41, 5.74) is 2.60. The van der Waals surface area contributed by atoms with Crippen LogP contribution in [0, 0.1) is 0 Å². The molecule has 0 atom stereocenters. The van der Waals surface area contributed by atoms with Crippen molar-refractivity contribution >= 4 is 46.1 Å². The van der Waals surface area contributed by atoms with Crippen molar-refractivity contribution in [1.82, 2.24) is 9.88 Å². The van der Waals surface area contributed by atoms with Gasteiger partial charge in [0.15, 0.2) is 5.78 Å². The Labute approximate surface area is 242 Å². The van der Waals surface area contributed by atoms with E-state index < -0.39 is 11.9 Å². The number of nitrogens with zero attached hydrogens (tertiary/aromatic N) is 3. The number of ether oxygens (including phenoxy) is 2. The summed E-state index contributed by atoms with van der Waals surface area (Å²) in [4.78, 5) is 45.4. The van der Waals surface area contributed by atoms with Crippen LogP contribution >= 0.6 is 0 Å². The zero-order valence-corrected chi connectivity index (χ0v) is 24.4. The molecule has 1 amide bonds. The lowest BCUT2D eigenvalue weighted by Crippen LogP contribution is -2.37. The minimum Gasteiger partial charge on any atom is -0.459 e. The summed E-state index contributed by atoms with van der Waals surface area (Å²) in [5, 5.41) is 3.44. The summed E-state index contributed by atoms with van der Waals surface area (Å²) in [7, 11) is 0. The first-order chi connectivity index (χ1) is 19.9. The highest BCUT2D eigenvalue weighted by Gasteiger charge is 2.17. The Morgan fingerprint density at radius 3 is 2.24 bits per heavy atom. The molecule has 3 aromatic rings. The van der Waals surface area contributed by atoms with Crippen molar-refractivity contribution in [3.05, 3.63) is 71.8 Å². The number of para-hydroxylation sites is 1. The van der Waals surface area contributed by atoms with Crippen LogP contribution in [0.1, 0.15) is 43.6 Å². The van der Waals surface area contributed by atoms with E-state index in [1.807, 2.05) is 30.3 Å². The second-order valence-corrected chi connectivity index (χ2v) is 9.26. The van der Waals surface area contributed by atoms with Gasteiger partial charge in [-0.2, -0.15) is 0 Å². The maximum Gasteiger partial charge on any atom is 0.397 e. The van der Waals surface area contributed by atoms with Crippen molar-refractivity contribution in [3.63, 3.8) is 0 Å². The smallest absolute Gasteiger partial charge is 0.397 e. The Bertz CT molecular complexity index is 1320. The second kappa shape index (κ2) is 16.2. The first-order valence-electron chi connectivity index (χ1n) is 14.1. The van der Waals surface area contributed by atoms with Gasteiger partial charge < -0.3 is 24.6 Å². The van der Waals surface area contributed by atoms with Gasteiger partial charge in [-0.25, -0.2) is 9.78 Å². The maximum atomic E-state index is 12.8. The van der Waals surface area contributed by atoms with Crippen molar-refractivity contribution in [2.45, 2.75) is 27.7 Å². The molecule has 0 aliphatic carbocycles. The summed E-state index contributed by atoms with van der Waals surface area (Å²) >= 11 is 0. The van der Waals surface area contributed by atoms with Crippen LogP contribution in [0.5, 0.6) is 0 Å². The number of pyridine rings is 1. The van der Waals surface area contributed by atoms with Crippen molar-refractivity contribution in [1.29, 1.82) is 0 Å². The molecule has 1 saturated heterocycles. The maximum absolute atomic E-state index is 12.8. The summed E-state index contributed by atoms with van der Waals surface area (Å²) in [6.45, 7) is 14.6. The summed E-state index contributed by atoms with van der Waals surface area (Å²) < 4.78 is 10.1. The number of rotatable bonds is 9. The summed E-state index contributed by atoms with van der Waals surface area (Å²) in [6.07, 6.45) is 3.30. The van der Waals surface area contributed by atoms with E-state index in [0.29, 0.717) is 24.5 Å². The number of esters is 1. The molecule has 9 heteroatoms.